The lowest BCUT2D eigenvalue weighted by Crippen LogP contribution is -2.51. The first kappa shape index (κ1) is 26.6. The predicted octanol–water partition coefficient (Wildman–Crippen LogP) is 4.39. The summed E-state index contributed by atoms with van der Waals surface area (Å²) >= 11 is 12.7. The number of urea groups is 1. The largest absolute Gasteiger partial charge is 0.491 e. The number of carbonyl (C=O) groups excluding carboxylic acids is 1. The Hall–Kier alpha value is -2.98. The van der Waals surface area contributed by atoms with Gasteiger partial charge in [-0.2, -0.15) is 0 Å². The maximum Gasteiger partial charge on any atom is 0.317 e. The molecule has 2 fully saturated rings. The van der Waals surface area contributed by atoms with Gasteiger partial charge in [-0.15, -0.1) is 0 Å². The van der Waals surface area contributed by atoms with Crippen LogP contribution in [0.5, 0.6) is 5.75 Å². The van der Waals surface area contributed by atoms with Crippen molar-refractivity contribution in [3.05, 3.63) is 76.8 Å². The van der Waals surface area contributed by atoms with Gasteiger partial charge < -0.3 is 33.9 Å². The number of imidazole rings is 1. The van der Waals surface area contributed by atoms with Crippen molar-refractivity contribution in [1.82, 2.24) is 19.8 Å². The Morgan fingerprint density at radius 2 is 1.95 bits per heavy atom. The molecule has 3 heterocycles. The summed E-state index contributed by atoms with van der Waals surface area (Å²) < 4.78 is 20.6. The first-order valence-electron chi connectivity index (χ1n) is 12.7. The van der Waals surface area contributed by atoms with E-state index in [1.807, 2.05) is 52.9 Å². The highest BCUT2D eigenvalue weighted by Crippen LogP contribution is 2.40. The zero-order valence-electron chi connectivity index (χ0n) is 21.2. The SMILES string of the molecule is CCNC(=O)N1CCN(c2ccc(OCC3COC(Cn4ccnc4)(c4ccc(Cl)cc4Cl)O3)cc2)CC1. The third-order valence-electron chi connectivity index (χ3n) is 6.68. The summed E-state index contributed by atoms with van der Waals surface area (Å²) in [4.78, 5) is 20.3. The molecule has 11 heteroatoms. The van der Waals surface area contributed by atoms with Gasteiger partial charge in [-0.1, -0.05) is 29.3 Å². The lowest BCUT2D eigenvalue weighted by molar-refractivity contribution is -0.189. The van der Waals surface area contributed by atoms with E-state index in [9.17, 15) is 4.79 Å². The molecule has 3 aromatic rings. The van der Waals surface area contributed by atoms with Crippen molar-refractivity contribution in [3.8, 4) is 5.75 Å². The molecule has 2 unspecified atom stereocenters. The summed E-state index contributed by atoms with van der Waals surface area (Å²) in [7, 11) is 0. The van der Waals surface area contributed by atoms with Gasteiger partial charge in [0.15, 0.2) is 0 Å². The molecular formula is C27H31Cl2N5O4. The van der Waals surface area contributed by atoms with E-state index in [1.165, 1.54) is 0 Å². The minimum absolute atomic E-state index is 0.00129. The van der Waals surface area contributed by atoms with E-state index in [-0.39, 0.29) is 12.1 Å². The van der Waals surface area contributed by atoms with Crippen molar-refractivity contribution < 1.29 is 19.0 Å². The molecule has 2 saturated heterocycles. The number of benzene rings is 2. The number of piperazine rings is 1. The molecule has 0 radical (unpaired) electrons. The molecule has 0 saturated carbocycles. The molecule has 0 bridgehead atoms. The quantitative estimate of drug-likeness (QED) is 0.441. The molecule has 2 aliphatic heterocycles. The number of carbonyl (C=O) groups is 1. The highest BCUT2D eigenvalue weighted by atomic mass is 35.5. The summed E-state index contributed by atoms with van der Waals surface area (Å²) in [5, 5.41) is 3.88. The van der Waals surface area contributed by atoms with Crippen LogP contribution in [0.15, 0.2) is 61.2 Å². The van der Waals surface area contributed by atoms with Gasteiger partial charge in [0, 0.05) is 61.4 Å². The van der Waals surface area contributed by atoms with Crippen LogP contribution in [0.1, 0.15) is 12.5 Å². The number of nitrogens with one attached hydrogen (secondary N) is 1. The van der Waals surface area contributed by atoms with Gasteiger partial charge in [-0.25, -0.2) is 9.78 Å². The Morgan fingerprint density at radius 3 is 2.63 bits per heavy atom. The fourth-order valence-electron chi connectivity index (χ4n) is 4.75. The van der Waals surface area contributed by atoms with Crippen LogP contribution >= 0.6 is 23.2 Å². The van der Waals surface area contributed by atoms with Crippen LogP contribution in [0, 0.1) is 0 Å². The molecule has 2 amide bonds. The van der Waals surface area contributed by atoms with Crippen molar-refractivity contribution in [1.29, 1.82) is 0 Å². The van der Waals surface area contributed by atoms with Crippen LogP contribution in [-0.4, -0.2) is 72.5 Å². The second-order valence-electron chi connectivity index (χ2n) is 9.28. The standard InChI is InChI=1S/C27H31Cl2N5O4/c1-2-31-26(35)34-13-11-33(12-14-34)21-4-6-22(7-5-21)36-16-23-17-37-27(38-23,18-32-10-9-30-19-32)24-8-3-20(28)15-25(24)29/h3-10,15,19,23H,2,11-14,16-18H2,1H3,(H,31,35). The number of hydrogen-bond donors (Lipinski definition) is 1. The fraction of sp³-hybridized carbons (Fsp3) is 0.407. The Labute approximate surface area is 232 Å². The molecule has 38 heavy (non-hydrogen) atoms. The minimum atomic E-state index is -1.09. The molecule has 2 aromatic carbocycles. The maximum absolute atomic E-state index is 12.0. The Kier molecular flexibility index (Phi) is 8.28. The first-order valence-corrected chi connectivity index (χ1v) is 13.4. The van der Waals surface area contributed by atoms with Gasteiger partial charge in [-0.3, -0.25) is 0 Å². The summed E-state index contributed by atoms with van der Waals surface area (Å²) in [5.41, 5.74) is 1.81. The van der Waals surface area contributed by atoms with Crippen LogP contribution in [0.2, 0.25) is 10.0 Å². The summed E-state index contributed by atoms with van der Waals surface area (Å²) in [6, 6.07) is 13.3. The van der Waals surface area contributed by atoms with E-state index in [2.05, 4.69) is 15.2 Å². The number of nitrogens with zero attached hydrogens (tertiary/aromatic N) is 4. The van der Waals surface area contributed by atoms with Gasteiger partial charge in [0.25, 0.3) is 0 Å². The first-order chi connectivity index (χ1) is 18.5. The van der Waals surface area contributed by atoms with E-state index >= 15 is 0 Å². The third-order valence-corrected chi connectivity index (χ3v) is 7.23. The van der Waals surface area contributed by atoms with Crippen LogP contribution in [0.4, 0.5) is 10.5 Å². The van der Waals surface area contributed by atoms with E-state index in [0.29, 0.717) is 55.0 Å². The average Bonchev–Trinajstić information content (AvgIpc) is 3.59. The molecule has 2 aliphatic rings. The van der Waals surface area contributed by atoms with Gasteiger partial charge in [0.05, 0.1) is 24.5 Å². The Morgan fingerprint density at radius 1 is 1.16 bits per heavy atom. The number of ether oxygens (including phenoxy) is 3. The molecule has 1 aromatic heterocycles. The third kappa shape index (κ3) is 6.02. The van der Waals surface area contributed by atoms with E-state index < -0.39 is 5.79 Å². The van der Waals surface area contributed by atoms with Crippen LogP contribution in [-0.2, 0) is 21.8 Å². The molecule has 1 N–H and O–H groups in total. The second-order valence-corrected chi connectivity index (χ2v) is 10.1. The van der Waals surface area contributed by atoms with Gasteiger partial charge in [0.1, 0.15) is 18.5 Å². The van der Waals surface area contributed by atoms with Crippen LogP contribution < -0.4 is 15.0 Å². The molecule has 0 spiro atoms. The van der Waals surface area contributed by atoms with Gasteiger partial charge in [-0.05, 0) is 43.3 Å². The average molecular weight is 560 g/mol. The highest BCUT2D eigenvalue weighted by Gasteiger charge is 2.45. The monoisotopic (exact) mass is 559 g/mol. The Balaban J connectivity index is 1.19. The van der Waals surface area contributed by atoms with E-state index in [0.717, 1.165) is 24.5 Å². The highest BCUT2D eigenvalue weighted by molar-refractivity contribution is 6.35. The van der Waals surface area contributed by atoms with Crippen molar-refractivity contribution in [2.45, 2.75) is 25.4 Å². The topological polar surface area (TPSA) is 81.1 Å². The van der Waals surface area contributed by atoms with Gasteiger partial charge >= 0.3 is 6.03 Å². The smallest absolute Gasteiger partial charge is 0.317 e. The Bertz CT molecular complexity index is 1220. The van der Waals surface area contributed by atoms with E-state index in [4.69, 9.17) is 37.4 Å². The van der Waals surface area contributed by atoms with Crippen LogP contribution in [0.25, 0.3) is 0 Å². The van der Waals surface area contributed by atoms with Crippen molar-refractivity contribution >= 4 is 34.9 Å². The predicted molar refractivity (Wildman–Crippen MR) is 146 cm³/mol. The molecule has 0 aliphatic carbocycles. The molecular weight excluding hydrogens is 529 g/mol. The number of aromatic nitrogens is 2. The number of amides is 2. The molecule has 2 atom stereocenters. The zero-order chi connectivity index (χ0) is 26.5. The number of halogens is 2. The molecule has 9 nitrogen and oxygen atoms in total. The number of hydrogen-bond acceptors (Lipinski definition) is 6. The second kappa shape index (κ2) is 11.8. The molecule has 5 rings (SSSR count). The van der Waals surface area contributed by atoms with Crippen molar-refractivity contribution in [2.75, 3.05) is 50.8 Å². The maximum atomic E-state index is 12.0. The molecule has 202 valence electrons. The van der Waals surface area contributed by atoms with E-state index in [1.54, 1.807) is 24.7 Å². The summed E-state index contributed by atoms with van der Waals surface area (Å²) in [6.07, 6.45) is 4.97. The fourth-order valence-corrected chi connectivity index (χ4v) is 5.30. The number of anilines is 1. The van der Waals surface area contributed by atoms with Crippen molar-refractivity contribution in [2.24, 2.45) is 0 Å². The van der Waals surface area contributed by atoms with Crippen molar-refractivity contribution in [3.63, 3.8) is 0 Å². The summed E-state index contributed by atoms with van der Waals surface area (Å²) in [5.74, 6) is -0.342. The number of rotatable bonds is 8. The summed E-state index contributed by atoms with van der Waals surface area (Å²) in [6.45, 7) is 6.59. The van der Waals surface area contributed by atoms with Crippen LogP contribution in [0.3, 0.4) is 0 Å². The minimum Gasteiger partial charge on any atom is -0.491 e. The lowest BCUT2D eigenvalue weighted by atomic mass is 10.1. The normalized spacial score (nSPS) is 21.5. The zero-order valence-corrected chi connectivity index (χ0v) is 22.7. The lowest BCUT2D eigenvalue weighted by Gasteiger charge is -2.36. The van der Waals surface area contributed by atoms with Gasteiger partial charge in [0.2, 0.25) is 5.79 Å².